The SMILES string of the molecule is CCC1COc2c[nH]c(=O)cc2-c2cc(Cl)ccc2C1. The molecule has 1 aromatic carbocycles. The van der Waals surface area contributed by atoms with Crippen LogP contribution < -0.4 is 10.3 Å². The molecule has 3 nitrogen and oxygen atoms in total. The van der Waals surface area contributed by atoms with Gasteiger partial charge in [0.2, 0.25) is 5.56 Å². The predicted molar refractivity (Wildman–Crippen MR) is 80.5 cm³/mol. The predicted octanol–water partition coefficient (Wildman–Crippen LogP) is 3.66. The number of H-pyrrole nitrogens is 1. The molecular formula is C16H16ClNO2. The number of aromatic amines is 1. The molecule has 1 unspecified atom stereocenters. The van der Waals surface area contributed by atoms with Crippen molar-refractivity contribution < 1.29 is 4.74 Å². The fourth-order valence-corrected chi connectivity index (χ4v) is 2.78. The largest absolute Gasteiger partial charge is 0.491 e. The fourth-order valence-electron chi connectivity index (χ4n) is 2.61. The van der Waals surface area contributed by atoms with Gasteiger partial charge in [0.1, 0.15) is 5.75 Å². The van der Waals surface area contributed by atoms with Crippen LogP contribution in [0.3, 0.4) is 0 Å². The highest BCUT2D eigenvalue weighted by Crippen LogP contribution is 2.36. The average molecular weight is 290 g/mol. The number of aromatic nitrogens is 1. The summed E-state index contributed by atoms with van der Waals surface area (Å²) in [7, 11) is 0. The standard InChI is InChI=1S/C16H16ClNO2/c1-2-10-5-11-3-4-12(17)6-13(11)14-7-16(19)18-8-15(14)20-9-10/h3-4,6-8,10H,2,5,9H2,1H3,(H,18,19). The molecule has 3 rings (SSSR count). The van der Waals surface area contributed by atoms with Gasteiger partial charge in [0, 0.05) is 22.8 Å². The molecule has 4 heteroatoms. The molecule has 1 aliphatic heterocycles. The molecule has 20 heavy (non-hydrogen) atoms. The molecule has 0 saturated carbocycles. The van der Waals surface area contributed by atoms with Crippen molar-refractivity contribution in [3.63, 3.8) is 0 Å². The summed E-state index contributed by atoms with van der Waals surface area (Å²) in [6.07, 6.45) is 3.64. The second-order valence-electron chi connectivity index (χ2n) is 5.17. The Kier molecular flexibility index (Phi) is 3.53. The van der Waals surface area contributed by atoms with Gasteiger partial charge >= 0.3 is 0 Å². The lowest BCUT2D eigenvalue weighted by molar-refractivity contribution is 0.242. The second-order valence-corrected chi connectivity index (χ2v) is 5.60. The van der Waals surface area contributed by atoms with Crippen LogP contribution in [0, 0.1) is 5.92 Å². The van der Waals surface area contributed by atoms with Gasteiger partial charge in [0.25, 0.3) is 0 Å². The zero-order chi connectivity index (χ0) is 14.1. The van der Waals surface area contributed by atoms with Crippen molar-refractivity contribution in [1.82, 2.24) is 4.98 Å². The Bertz CT molecular complexity index is 693. The number of benzene rings is 1. The van der Waals surface area contributed by atoms with Crippen LogP contribution in [0.5, 0.6) is 5.75 Å². The smallest absolute Gasteiger partial charge is 0.248 e. The Balaban J connectivity index is 2.22. The maximum absolute atomic E-state index is 11.6. The second kappa shape index (κ2) is 5.33. The van der Waals surface area contributed by atoms with Crippen molar-refractivity contribution in [3.8, 4) is 16.9 Å². The molecule has 1 atom stereocenters. The lowest BCUT2D eigenvalue weighted by Crippen LogP contribution is -2.18. The van der Waals surface area contributed by atoms with Gasteiger partial charge in [-0.1, -0.05) is 24.6 Å². The molecule has 1 aliphatic rings. The minimum absolute atomic E-state index is 0.133. The molecule has 1 N–H and O–H groups in total. The number of hydrogen-bond donors (Lipinski definition) is 1. The van der Waals surface area contributed by atoms with E-state index in [0.717, 1.165) is 24.0 Å². The molecule has 0 bridgehead atoms. The van der Waals surface area contributed by atoms with Crippen molar-refractivity contribution in [1.29, 1.82) is 0 Å². The zero-order valence-electron chi connectivity index (χ0n) is 11.3. The van der Waals surface area contributed by atoms with Crippen LogP contribution >= 0.6 is 11.6 Å². The third-order valence-electron chi connectivity index (χ3n) is 3.81. The van der Waals surface area contributed by atoms with E-state index in [1.165, 1.54) is 5.56 Å². The Morgan fingerprint density at radius 2 is 2.20 bits per heavy atom. The van der Waals surface area contributed by atoms with Gasteiger partial charge in [-0.2, -0.15) is 0 Å². The van der Waals surface area contributed by atoms with Crippen LogP contribution in [-0.4, -0.2) is 11.6 Å². The van der Waals surface area contributed by atoms with Crippen LogP contribution in [0.15, 0.2) is 35.3 Å². The van der Waals surface area contributed by atoms with Gasteiger partial charge in [0.15, 0.2) is 0 Å². The normalized spacial score (nSPS) is 17.4. The summed E-state index contributed by atoms with van der Waals surface area (Å²) in [6, 6.07) is 7.45. The van der Waals surface area contributed by atoms with E-state index in [2.05, 4.69) is 18.0 Å². The molecular weight excluding hydrogens is 274 g/mol. The van der Waals surface area contributed by atoms with Gasteiger partial charge in [-0.3, -0.25) is 4.79 Å². The Hall–Kier alpha value is -1.74. The number of rotatable bonds is 1. The Morgan fingerprint density at radius 3 is 3.00 bits per heavy atom. The summed E-state index contributed by atoms with van der Waals surface area (Å²) < 4.78 is 5.87. The third kappa shape index (κ3) is 2.46. The topological polar surface area (TPSA) is 42.1 Å². The van der Waals surface area contributed by atoms with Crippen molar-refractivity contribution in [2.75, 3.05) is 6.61 Å². The molecule has 2 aromatic rings. The van der Waals surface area contributed by atoms with E-state index in [9.17, 15) is 4.79 Å². The number of halogens is 1. The van der Waals surface area contributed by atoms with Crippen molar-refractivity contribution in [3.05, 3.63) is 51.4 Å². The van der Waals surface area contributed by atoms with E-state index < -0.39 is 0 Å². The van der Waals surface area contributed by atoms with Crippen LogP contribution in [0.1, 0.15) is 18.9 Å². The lowest BCUT2D eigenvalue weighted by atomic mass is 9.90. The summed E-state index contributed by atoms with van der Waals surface area (Å²) in [5.41, 5.74) is 2.90. The van der Waals surface area contributed by atoms with Crippen molar-refractivity contribution in [2.24, 2.45) is 5.92 Å². The molecule has 0 amide bonds. The van der Waals surface area contributed by atoms with E-state index in [-0.39, 0.29) is 5.56 Å². The van der Waals surface area contributed by atoms with E-state index >= 15 is 0 Å². The molecule has 1 aromatic heterocycles. The Morgan fingerprint density at radius 1 is 1.35 bits per heavy atom. The first kappa shape index (κ1) is 13.3. The molecule has 104 valence electrons. The minimum Gasteiger partial charge on any atom is -0.491 e. The van der Waals surface area contributed by atoms with Gasteiger partial charge in [-0.15, -0.1) is 0 Å². The average Bonchev–Trinajstić information content (AvgIpc) is 2.44. The summed E-state index contributed by atoms with van der Waals surface area (Å²) in [5, 5.41) is 0.670. The maximum atomic E-state index is 11.6. The van der Waals surface area contributed by atoms with E-state index in [0.29, 0.717) is 23.3 Å². The van der Waals surface area contributed by atoms with Gasteiger partial charge < -0.3 is 9.72 Å². The summed E-state index contributed by atoms with van der Waals surface area (Å²) >= 11 is 6.12. The van der Waals surface area contributed by atoms with Crippen molar-refractivity contribution in [2.45, 2.75) is 19.8 Å². The van der Waals surface area contributed by atoms with Crippen LogP contribution in [-0.2, 0) is 6.42 Å². The number of fused-ring (bicyclic) bond motifs is 3. The lowest BCUT2D eigenvalue weighted by Gasteiger charge is -2.23. The van der Waals surface area contributed by atoms with Crippen LogP contribution in [0.2, 0.25) is 5.02 Å². The summed E-state index contributed by atoms with van der Waals surface area (Å²) in [6.45, 7) is 2.83. The monoisotopic (exact) mass is 289 g/mol. The first-order valence-electron chi connectivity index (χ1n) is 6.81. The number of hydrogen-bond acceptors (Lipinski definition) is 2. The molecule has 0 aliphatic carbocycles. The summed E-state index contributed by atoms with van der Waals surface area (Å²) in [4.78, 5) is 14.3. The molecule has 2 heterocycles. The van der Waals surface area contributed by atoms with E-state index in [4.69, 9.17) is 16.3 Å². The van der Waals surface area contributed by atoms with Gasteiger partial charge in [-0.05, 0) is 42.0 Å². The number of ether oxygens (including phenoxy) is 1. The highest BCUT2D eigenvalue weighted by Gasteiger charge is 2.19. The summed E-state index contributed by atoms with van der Waals surface area (Å²) in [5.74, 6) is 1.18. The quantitative estimate of drug-likeness (QED) is 0.870. The first-order valence-corrected chi connectivity index (χ1v) is 7.19. The Labute approximate surface area is 122 Å². The molecule has 0 fully saturated rings. The molecule has 0 radical (unpaired) electrons. The maximum Gasteiger partial charge on any atom is 0.248 e. The highest BCUT2D eigenvalue weighted by molar-refractivity contribution is 6.30. The number of nitrogens with one attached hydrogen (secondary N) is 1. The first-order chi connectivity index (χ1) is 9.67. The molecule has 0 saturated heterocycles. The highest BCUT2D eigenvalue weighted by atomic mass is 35.5. The van der Waals surface area contributed by atoms with Crippen molar-refractivity contribution >= 4 is 11.6 Å². The van der Waals surface area contributed by atoms with Crippen LogP contribution in [0.25, 0.3) is 11.1 Å². The van der Waals surface area contributed by atoms with Gasteiger partial charge in [-0.25, -0.2) is 0 Å². The fraction of sp³-hybridized carbons (Fsp3) is 0.312. The molecule has 0 spiro atoms. The van der Waals surface area contributed by atoms with Gasteiger partial charge in [0.05, 0.1) is 6.61 Å². The number of pyridine rings is 1. The third-order valence-corrected chi connectivity index (χ3v) is 4.04. The van der Waals surface area contributed by atoms with Crippen LogP contribution in [0.4, 0.5) is 0 Å². The van der Waals surface area contributed by atoms with E-state index in [1.54, 1.807) is 12.3 Å². The minimum atomic E-state index is -0.133. The van der Waals surface area contributed by atoms with E-state index in [1.807, 2.05) is 12.1 Å². The zero-order valence-corrected chi connectivity index (χ0v) is 12.0.